The van der Waals surface area contributed by atoms with Gasteiger partial charge in [0.1, 0.15) is 18.1 Å². The number of nitrogens with two attached hydrogens (primary N) is 1. The molecule has 0 spiro atoms. The molecule has 0 aromatic heterocycles. The molecule has 10 nitrogen and oxygen atoms in total. The Hall–Kier alpha value is -3.76. The van der Waals surface area contributed by atoms with Gasteiger partial charge in [0.2, 0.25) is 17.7 Å². The Bertz CT molecular complexity index is 1160. The monoisotopic (exact) mass is 576 g/mol. The van der Waals surface area contributed by atoms with Crippen molar-refractivity contribution < 1.29 is 19.2 Å². The molecule has 2 aromatic carbocycles. The van der Waals surface area contributed by atoms with E-state index in [4.69, 9.17) is 5.84 Å². The summed E-state index contributed by atoms with van der Waals surface area (Å²) >= 11 is 0. The first-order valence-electron chi connectivity index (χ1n) is 15.0. The molecule has 1 aliphatic carbocycles. The van der Waals surface area contributed by atoms with E-state index in [0.29, 0.717) is 19.4 Å². The van der Waals surface area contributed by atoms with Crippen LogP contribution in [0.15, 0.2) is 60.7 Å². The smallest absolute Gasteiger partial charge is 0.257 e. The van der Waals surface area contributed by atoms with Crippen LogP contribution in [0.3, 0.4) is 0 Å². The molecule has 1 saturated carbocycles. The van der Waals surface area contributed by atoms with Crippen LogP contribution >= 0.6 is 0 Å². The fourth-order valence-corrected chi connectivity index (χ4v) is 6.28. The van der Waals surface area contributed by atoms with E-state index in [1.54, 1.807) is 18.9 Å². The number of likely N-dealkylation sites (N-methyl/N-ethyl adjacent to an activating group) is 1. The lowest BCUT2D eigenvalue weighted by Gasteiger charge is -2.35. The topological polar surface area (TPSA) is 146 Å². The molecular formula is C32H44N6O4. The Morgan fingerprint density at radius 1 is 0.810 bits per heavy atom. The maximum Gasteiger partial charge on any atom is 0.257 e. The predicted molar refractivity (Wildman–Crippen MR) is 161 cm³/mol. The molecule has 0 bridgehead atoms. The summed E-state index contributed by atoms with van der Waals surface area (Å²) in [5.41, 5.74) is 3.91. The first kappa shape index (κ1) is 31.2. The van der Waals surface area contributed by atoms with Gasteiger partial charge in [0, 0.05) is 12.5 Å². The normalized spacial score (nSPS) is 19.5. The summed E-state index contributed by atoms with van der Waals surface area (Å²) in [5.74, 6) is 3.69. The van der Waals surface area contributed by atoms with Gasteiger partial charge in [-0.3, -0.25) is 24.6 Å². The van der Waals surface area contributed by atoms with Crippen LogP contribution in [0.25, 0.3) is 0 Å². The van der Waals surface area contributed by atoms with Crippen LogP contribution in [0, 0.1) is 5.92 Å². The number of nitrogens with one attached hydrogen (secondary N) is 4. The number of carbonyl (C=O) groups excluding carboxylic acids is 4. The summed E-state index contributed by atoms with van der Waals surface area (Å²) < 4.78 is 0. The quantitative estimate of drug-likeness (QED) is 0.157. The van der Waals surface area contributed by atoms with Gasteiger partial charge < -0.3 is 20.9 Å². The Labute approximate surface area is 248 Å². The molecule has 10 heteroatoms. The number of hydrogen-bond donors (Lipinski definition) is 5. The van der Waals surface area contributed by atoms with E-state index < -0.39 is 41.9 Å². The van der Waals surface area contributed by atoms with E-state index in [0.717, 1.165) is 43.2 Å². The average Bonchev–Trinajstić information content (AvgIpc) is 3.54. The van der Waals surface area contributed by atoms with Crippen molar-refractivity contribution in [3.05, 3.63) is 71.8 Å². The van der Waals surface area contributed by atoms with Crippen molar-refractivity contribution in [1.29, 1.82) is 0 Å². The molecule has 1 saturated heterocycles. The maximum atomic E-state index is 14.1. The zero-order valence-electron chi connectivity index (χ0n) is 24.6. The largest absolute Gasteiger partial charge is 0.343 e. The van der Waals surface area contributed by atoms with Gasteiger partial charge in [0.15, 0.2) is 0 Å². The molecule has 2 aromatic rings. The molecule has 2 aliphatic rings. The first-order valence-corrected chi connectivity index (χ1v) is 15.0. The SMILES string of the molecule is CN[C@@H](C)C(=O)N[C@H](C(=O)N1CCC[C@H]1C(=O)N[C@H](C(=O)NN)C(c1ccccc1)c1ccccc1)C1CCCCC1. The standard InChI is InChI=1S/C32H44N6O4/c1-21(34-2)29(39)35-27(24-17-10-5-11-18-24)32(42)38-20-12-19-25(38)30(40)36-28(31(41)37-33)26(22-13-6-3-7-14-22)23-15-8-4-9-16-23/h3-4,6-9,13-16,21,24-28,34H,5,10-12,17-20,33H2,1-2H3,(H,35,39)(H,36,40)(H,37,41)/t21-,25-,27-,28-/m0/s1. The summed E-state index contributed by atoms with van der Waals surface area (Å²) in [6, 6.07) is 16.0. The van der Waals surface area contributed by atoms with Crippen LogP contribution < -0.4 is 27.2 Å². The van der Waals surface area contributed by atoms with Gasteiger partial charge in [0.05, 0.1) is 6.04 Å². The van der Waals surface area contributed by atoms with E-state index in [-0.39, 0.29) is 17.7 Å². The third-order valence-corrected chi connectivity index (χ3v) is 8.72. The minimum absolute atomic E-state index is 0.0138. The Balaban J connectivity index is 1.59. The molecular weight excluding hydrogens is 532 g/mol. The third kappa shape index (κ3) is 7.35. The number of amides is 4. The fourth-order valence-electron chi connectivity index (χ4n) is 6.28. The molecule has 226 valence electrons. The highest BCUT2D eigenvalue weighted by molar-refractivity contribution is 5.95. The van der Waals surface area contributed by atoms with Gasteiger partial charge in [-0.1, -0.05) is 79.9 Å². The highest BCUT2D eigenvalue weighted by Gasteiger charge is 2.42. The zero-order valence-corrected chi connectivity index (χ0v) is 24.6. The van der Waals surface area contributed by atoms with Crippen LogP contribution in [-0.2, 0) is 19.2 Å². The van der Waals surface area contributed by atoms with Gasteiger partial charge in [-0.2, -0.15) is 0 Å². The lowest BCUT2D eigenvalue weighted by atomic mass is 9.83. The minimum Gasteiger partial charge on any atom is -0.343 e. The molecule has 6 N–H and O–H groups in total. The molecule has 0 radical (unpaired) electrons. The molecule has 2 fully saturated rings. The maximum absolute atomic E-state index is 14.1. The minimum atomic E-state index is -1.02. The van der Waals surface area contributed by atoms with Crippen LogP contribution in [0.4, 0.5) is 0 Å². The van der Waals surface area contributed by atoms with E-state index in [9.17, 15) is 19.2 Å². The van der Waals surface area contributed by atoms with Crippen LogP contribution in [0.1, 0.15) is 68.9 Å². The van der Waals surface area contributed by atoms with E-state index in [1.807, 2.05) is 60.7 Å². The molecule has 4 atom stereocenters. The highest BCUT2D eigenvalue weighted by Crippen LogP contribution is 2.31. The van der Waals surface area contributed by atoms with Gasteiger partial charge in [-0.25, -0.2) is 5.84 Å². The number of benzene rings is 2. The Morgan fingerprint density at radius 3 is 1.95 bits per heavy atom. The van der Waals surface area contributed by atoms with Crippen molar-refractivity contribution in [3.8, 4) is 0 Å². The van der Waals surface area contributed by atoms with Crippen molar-refractivity contribution in [3.63, 3.8) is 0 Å². The van der Waals surface area contributed by atoms with Crippen molar-refractivity contribution in [2.24, 2.45) is 11.8 Å². The fraction of sp³-hybridized carbons (Fsp3) is 0.500. The van der Waals surface area contributed by atoms with Crippen LogP contribution in [0.5, 0.6) is 0 Å². The lowest BCUT2D eigenvalue weighted by molar-refractivity contribution is -0.143. The summed E-state index contributed by atoms with van der Waals surface area (Å²) in [5, 5.41) is 8.89. The summed E-state index contributed by atoms with van der Waals surface area (Å²) in [4.78, 5) is 55.7. The third-order valence-electron chi connectivity index (χ3n) is 8.72. The van der Waals surface area contributed by atoms with Crippen molar-refractivity contribution >= 4 is 23.6 Å². The Kier molecular flexibility index (Phi) is 11.1. The van der Waals surface area contributed by atoms with Crippen molar-refractivity contribution in [1.82, 2.24) is 26.3 Å². The summed E-state index contributed by atoms with van der Waals surface area (Å²) in [6.45, 7) is 2.16. The number of likely N-dealkylation sites (tertiary alicyclic amines) is 1. The lowest BCUT2D eigenvalue weighted by Crippen LogP contribution is -2.60. The van der Waals surface area contributed by atoms with Gasteiger partial charge in [-0.05, 0) is 56.7 Å². The first-order chi connectivity index (χ1) is 20.3. The molecule has 0 unspecified atom stereocenters. The van der Waals surface area contributed by atoms with Gasteiger partial charge in [-0.15, -0.1) is 0 Å². The second kappa shape index (κ2) is 14.9. The van der Waals surface area contributed by atoms with Gasteiger partial charge in [0.25, 0.3) is 5.91 Å². The van der Waals surface area contributed by atoms with Gasteiger partial charge >= 0.3 is 0 Å². The van der Waals surface area contributed by atoms with E-state index >= 15 is 0 Å². The van der Waals surface area contributed by atoms with Crippen molar-refractivity contribution in [2.45, 2.75) is 82.0 Å². The van der Waals surface area contributed by atoms with E-state index in [2.05, 4.69) is 21.4 Å². The van der Waals surface area contributed by atoms with Crippen molar-refractivity contribution in [2.75, 3.05) is 13.6 Å². The summed E-state index contributed by atoms with van der Waals surface area (Å²) in [6.07, 6.45) is 5.94. The van der Waals surface area contributed by atoms with E-state index in [1.165, 1.54) is 0 Å². The number of rotatable bonds is 11. The average molecular weight is 577 g/mol. The summed E-state index contributed by atoms with van der Waals surface area (Å²) in [7, 11) is 1.70. The number of hydrazine groups is 1. The molecule has 1 aliphatic heterocycles. The molecule has 4 rings (SSSR count). The van der Waals surface area contributed by atoms with Crippen LogP contribution in [-0.4, -0.2) is 66.3 Å². The zero-order chi connectivity index (χ0) is 30.1. The number of nitrogens with zero attached hydrogens (tertiary/aromatic N) is 1. The second-order valence-electron chi connectivity index (χ2n) is 11.4. The highest BCUT2D eigenvalue weighted by atomic mass is 16.2. The molecule has 1 heterocycles. The number of hydrogen-bond acceptors (Lipinski definition) is 6. The molecule has 42 heavy (non-hydrogen) atoms. The number of carbonyl (C=O) groups is 4. The molecule has 4 amide bonds. The predicted octanol–water partition coefficient (Wildman–Crippen LogP) is 1.96. The Morgan fingerprint density at radius 2 is 1.40 bits per heavy atom. The van der Waals surface area contributed by atoms with Crippen LogP contribution in [0.2, 0.25) is 0 Å². The second-order valence-corrected chi connectivity index (χ2v) is 11.4.